The molecule has 0 saturated heterocycles. The molecule has 23 heavy (non-hydrogen) atoms. The maximum absolute atomic E-state index is 12.8. The Bertz CT molecular complexity index is 643. The van der Waals surface area contributed by atoms with Crippen molar-refractivity contribution < 1.29 is 19.1 Å². The van der Waals surface area contributed by atoms with Crippen LogP contribution in [-0.2, 0) is 14.3 Å². The van der Waals surface area contributed by atoms with Crippen LogP contribution in [0.3, 0.4) is 0 Å². The predicted molar refractivity (Wildman–Crippen MR) is 89.4 cm³/mol. The lowest BCUT2D eigenvalue weighted by Gasteiger charge is -2.26. The third-order valence-corrected chi connectivity index (χ3v) is 3.51. The Labute approximate surface area is 136 Å². The van der Waals surface area contributed by atoms with Gasteiger partial charge < -0.3 is 14.4 Å². The van der Waals surface area contributed by atoms with Crippen LogP contribution in [0.4, 0.5) is 5.69 Å². The van der Waals surface area contributed by atoms with E-state index in [1.165, 1.54) is 0 Å². The van der Waals surface area contributed by atoms with Gasteiger partial charge in [0, 0.05) is 12.6 Å². The first kappa shape index (κ1) is 17.1. The van der Waals surface area contributed by atoms with E-state index in [2.05, 4.69) is 0 Å². The van der Waals surface area contributed by atoms with Gasteiger partial charge in [0.25, 0.3) is 0 Å². The number of rotatable bonds is 3. The minimum atomic E-state index is -0.937. The summed E-state index contributed by atoms with van der Waals surface area (Å²) in [6.07, 6.45) is 3.40. The highest BCUT2D eigenvalue weighted by molar-refractivity contribution is 6.10. The van der Waals surface area contributed by atoms with Gasteiger partial charge in [0.05, 0.1) is 12.8 Å². The zero-order chi connectivity index (χ0) is 17.2. The number of carbonyl (C=O) groups excluding carboxylic acids is 2. The normalized spacial score (nSPS) is 17.5. The van der Waals surface area contributed by atoms with Gasteiger partial charge in [0.2, 0.25) is 5.91 Å². The molecule has 0 aromatic heterocycles. The van der Waals surface area contributed by atoms with Crippen molar-refractivity contribution in [1.82, 2.24) is 0 Å². The van der Waals surface area contributed by atoms with E-state index in [4.69, 9.17) is 9.47 Å². The quantitative estimate of drug-likeness (QED) is 0.635. The third kappa shape index (κ3) is 3.73. The van der Waals surface area contributed by atoms with Crippen LogP contribution < -0.4 is 9.64 Å². The molecule has 1 aliphatic heterocycles. The van der Waals surface area contributed by atoms with Crippen LogP contribution >= 0.6 is 0 Å². The fourth-order valence-corrected chi connectivity index (χ4v) is 2.46. The highest BCUT2D eigenvalue weighted by Gasteiger charge is 2.34. The van der Waals surface area contributed by atoms with Crippen molar-refractivity contribution in [2.75, 3.05) is 18.6 Å². The molecule has 2 rings (SSSR count). The molecule has 1 aromatic carbocycles. The van der Waals surface area contributed by atoms with Crippen LogP contribution in [0.2, 0.25) is 0 Å². The molecule has 0 saturated carbocycles. The van der Waals surface area contributed by atoms with Crippen molar-refractivity contribution in [3.05, 3.63) is 29.8 Å². The standard InChI is InChI=1S/C18H23NO4/c1-6-19-15-11-13(22-5)9-7-12(15)8-10-14(16(19)20)17(21)23-18(2,3)4/h7-11,14H,6H2,1-5H3/t14-/m0/s1. The predicted octanol–water partition coefficient (Wildman–Crippen LogP) is 3.03. The molecule has 1 heterocycles. The van der Waals surface area contributed by atoms with Crippen LogP contribution in [0.5, 0.6) is 5.75 Å². The van der Waals surface area contributed by atoms with Gasteiger partial charge in [-0.1, -0.05) is 12.2 Å². The van der Waals surface area contributed by atoms with Gasteiger partial charge >= 0.3 is 5.97 Å². The summed E-state index contributed by atoms with van der Waals surface area (Å²) in [6, 6.07) is 5.51. The molecule has 0 aliphatic carbocycles. The molecule has 5 nitrogen and oxygen atoms in total. The number of hydrogen-bond acceptors (Lipinski definition) is 4. The highest BCUT2D eigenvalue weighted by atomic mass is 16.6. The summed E-state index contributed by atoms with van der Waals surface area (Å²) in [5.41, 5.74) is 0.969. The maximum Gasteiger partial charge on any atom is 0.322 e. The van der Waals surface area contributed by atoms with E-state index in [0.717, 1.165) is 11.3 Å². The average molecular weight is 317 g/mol. The van der Waals surface area contributed by atoms with E-state index in [1.54, 1.807) is 51.0 Å². The molecule has 0 N–H and O–H groups in total. The smallest absolute Gasteiger partial charge is 0.322 e. The monoisotopic (exact) mass is 317 g/mol. The van der Waals surface area contributed by atoms with Crippen LogP contribution in [0.25, 0.3) is 6.08 Å². The number of methoxy groups -OCH3 is 1. The van der Waals surface area contributed by atoms with E-state index in [0.29, 0.717) is 12.3 Å². The molecule has 0 bridgehead atoms. The van der Waals surface area contributed by atoms with Gasteiger partial charge in [-0.15, -0.1) is 0 Å². The zero-order valence-electron chi connectivity index (χ0n) is 14.3. The van der Waals surface area contributed by atoms with Gasteiger partial charge in [-0.25, -0.2) is 0 Å². The number of amides is 1. The van der Waals surface area contributed by atoms with Crippen molar-refractivity contribution in [1.29, 1.82) is 0 Å². The van der Waals surface area contributed by atoms with E-state index < -0.39 is 17.5 Å². The second kappa shape index (κ2) is 6.44. The van der Waals surface area contributed by atoms with E-state index in [9.17, 15) is 9.59 Å². The summed E-state index contributed by atoms with van der Waals surface area (Å²) in [5.74, 6) is -1.09. The maximum atomic E-state index is 12.8. The van der Waals surface area contributed by atoms with Gasteiger partial charge in [-0.05, 0) is 45.4 Å². The molecule has 0 spiro atoms. The van der Waals surface area contributed by atoms with Crippen LogP contribution in [0.15, 0.2) is 24.3 Å². The molecule has 0 fully saturated rings. The summed E-state index contributed by atoms with van der Waals surface area (Å²) in [4.78, 5) is 26.8. The van der Waals surface area contributed by atoms with E-state index >= 15 is 0 Å². The Morgan fingerprint density at radius 3 is 2.57 bits per heavy atom. The minimum Gasteiger partial charge on any atom is -0.497 e. The summed E-state index contributed by atoms with van der Waals surface area (Å²) in [5, 5.41) is 0. The topological polar surface area (TPSA) is 55.8 Å². The number of benzene rings is 1. The number of carbonyl (C=O) groups is 2. The summed E-state index contributed by atoms with van der Waals surface area (Å²) < 4.78 is 10.6. The molecule has 0 radical (unpaired) electrons. The first-order valence-corrected chi connectivity index (χ1v) is 7.67. The number of anilines is 1. The average Bonchev–Trinajstić information content (AvgIpc) is 2.60. The number of esters is 1. The Hall–Kier alpha value is -2.30. The fourth-order valence-electron chi connectivity index (χ4n) is 2.46. The zero-order valence-corrected chi connectivity index (χ0v) is 14.3. The SMILES string of the molecule is CCN1C(=O)[C@@H](C(=O)OC(C)(C)C)C=Cc2ccc(OC)cc21. The van der Waals surface area contributed by atoms with Gasteiger partial charge in [0.15, 0.2) is 5.92 Å². The molecule has 5 heteroatoms. The Balaban J connectivity index is 2.40. The largest absolute Gasteiger partial charge is 0.497 e. The van der Waals surface area contributed by atoms with E-state index in [-0.39, 0.29) is 5.91 Å². The Morgan fingerprint density at radius 1 is 1.30 bits per heavy atom. The number of fused-ring (bicyclic) bond motifs is 1. The van der Waals surface area contributed by atoms with Crippen LogP contribution in [0, 0.1) is 5.92 Å². The summed E-state index contributed by atoms with van der Waals surface area (Å²) in [6.45, 7) is 7.69. The van der Waals surface area contributed by atoms with Crippen molar-refractivity contribution in [3.63, 3.8) is 0 Å². The second-order valence-electron chi connectivity index (χ2n) is 6.38. The minimum absolute atomic E-state index is 0.287. The summed E-state index contributed by atoms with van der Waals surface area (Å²) >= 11 is 0. The molecule has 1 aromatic rings. The lowest BCUT2D eigenvalue weighted by atomic mass is 10.1. The van der Waals surface area contributed by atoms with Crippen molar-refractivity contribution in [3.8, 4) is 5.75 Å². The van der Waals surface area contributed by atoms with Gasteiger partial charge in [-0.2, -0.15) is 0 Å². The van der Waals surface area contributed by atoms with Crippen LogP contribution in [0.1, 0.15) is 33.3 Å². The lowest BCUT2D eigenvalue weighted by molar-refractivity contribution is -0.159. The summed E-state index contributed by atoms with van der Waals surface area (Å²) in [7, 11) is 1.58. The molecule has 1 aliphatic rings. The van der Waals surface area contributed by atoms with Gasteiger partial charge in [-0.3, -0.25) is 9.59 Å². The molecule has 1 amide bonds. The second-order valence-corrected chi connectivity index (χ2v) is 6.38. The van der Waals surface area contributed by atoms with E-state index in [1.807, 2.05) is 19.1 Å². The molecular weight excluding hydrogens is 294 g/mol. The molecular formula is C18H23NO4. The van der Waals surface area contributed by atoms with Crippen LogP contribution in [-0.4, -0.2) is 31.1 Å². The fraction of sp³-hybridized carbons (Fsp3) is 0.444. The first-order chi connectivity index (χ1) is 10.8. The molecule has 1 atom stereocenters. The Kier molecular flexibility index (Phi) is 4.78. The molecule has 0 unspecified atom stereocenters. The number of hydrogen-bond donors (Lipinski definition) is 0. The highest BCUT2D eigenvalue weighted by Crippen LogP contribution is 2.32. The number of nitrogens with zero attached hydrogens (tertiary/aromatic N) is 1. The van der Waals surface area contributed by atoms with Gasteiger partial charge in [0.1, 0.15) is 11.4 Å². The first-order valence-electron chi connectivity index (χ1n) is 7.67. The third-order valence-electron chi connectivity index (χ3n) is 3.51. The molecule has 124 valence electrons. The van der Waals surface area contributed by atoms with Crippen molar-refractivity contribution in [2.45, 2.75) is 33.3 Å². The lowest BCUT2D eigenvalue weighted by Crippen LogP contribution is -2.40. The van der Waals surface area contributed by atoms with Crippen molar-refractivity contribution in [2.24, 2.45) is 5.92 Å². The number of ether oxygens (including phenoxy) is 2. The Morgan fingerprint density at radius 2 is 2.00 bits per heavy atom. The van der Waals surface area contributed by atoms with Crippen molar-refractivity contribution >= 4 is 23.6 Å².